The fourth-order valence-electron chi connectivity index (χ4n) is 2.48. The first-order valence-electron chi connectivity index (χ1n) is 8.10. The number of hydrogen-bond acceptors (Lipinski definition) is 6. The monoisotopic (exact) mass is 386 g/mol. The fraction of sp³-hybridized carbons (Fsp3) is 0.222. The Kier molecular flexibility index (Phi) is 5.75. The molecule has 0 spiro atoms. The summed E-state index contributed by atoms with van der Waals surface area (Å²) in [6, 6.07) is 10.1. The highest BCUT2D eigenvalue weighted by Gasteiger charge is 2.18. The van der Waals surface area contributed by atoms with E-state index < -0.39 is 5.91 Å². The molecule has 8 heteroatoms. The molecule has 0 radical (unpaired) electrons. The zero-order chi connectivity index (χ0) is 18.5. The van der Waals surface area contributed by atoms with E-state index in [-0.39, 0.29) is 11.6 Å². The normalized spacial score (nSPS) is 10.7. The number of nitrogens with one attached hydrogen (secondary N) is 1. The largest absolute Gasteiger partial charge is 0.364 e. The summed E-state index contributed by atoms with van der Waals surface area (Å²) in [7, 11) is 0. The van der Waals surface area contributed by atoms with Crippen LogP contribution >= 0.6 is 22.7 Å². The van der Waals surface area contributed by atoms with Crippen molar-refractivity contribution in [3.05, 3.63) is 52.0 Å². The first-order valence-corrected chi connectivity index (χ1v) is 9.79. The molecule has 3 aromatic rings. The van der Waals surface area contributed by atoms with Gasteiger partial charge in [0.05, 0.1) is 15.6 Å². The van der Waals surface area contributed by atoms with Crippen molar-refractivity contribution in [1.82, 2.24) is 9.97 Å². The van der Waals surface area contributed by atoms with Gasteiger partial charge in [-0.05, 0) is 25.3 Å². The molecular weight excluding hydrogens is 368 g/mol. The number of rotatable bonds is 7. The van der Waals surface area contributed by atoms with Crippen molar-refractivity contribution < 1.29 is 9.59 Å². The molecule has 0 fully saturated rings. The number of hydrogen-bond donors (Lipinski definition) is 2. The molecule has 0 aliphatic heterocycles. The van der Waals surface area contributed by atoms with Crippen LogP contribution in [0.1, 0.15) is 33.9 Å². The quantitative estimate of drug-likeness (QED) is 0.648. The minimum atomic E-state index is -0.580. The summed E-state index contributed by atoms with van der Waals surface area (Å²) in [6.07, 6.45) is 2.06. The molecule has 3 rings (SSSR count). The summed E-state index contributed by atoms with van der Waals surface area (Å²) in [5.41, 5.74) is 7.41. The first kappa shape index (κ1) is 18.2. The molecule has 2 aromatic heterocycles. The van der Waals surface area contributed by atoms with Crippen LogP contribution in [0.2, 0.25) is 0 Å². The lowest BCUT2D eigenvalue weighted by Crippen LogP contribution is -2.13. The van der Waals surface area contributed by atoms with Crippen LogP contribution < -0.4 is 11.1 Å². The van der Waals surface area contributed by atoms with Crippen molar-refractivity contribution in [3.63, 3.8) is 0 Å². The van der Waals surface area contributed by atoms with E-state index in [0.29, 0.717) is 22.1 Å². The Bertz CT molecular complexity index is 918. The van der Waals surface area contributed by atoms with Crippen LogP contribution in [0.25, 0.3) is 10.6 Å². The molecule has 0 bridgehead atoms. The average Bonchev–Trinajstić information content (AvgIpc) is 3.22. The molecule has 3 N–H and O–H groups in total. The van der Waals surface area contributed by atoms with Crippen LogP contribution in [-0.4, -0.2) is 21.8 Å². The fourth-order valence-corrected chi connectivity index (χ4v) is 4.16. The summed E-state index contributed by atoms with van der Waals surface area (Å²) in [5, 5.41) is 5.85. The van der Waals surface area contributed by atoms with E-state index in [2.05, 4.69) is 27.4 Å². The van der Waals surface area contributed by atoms with Gasteiger partial charge in [-0.1, -0.05) is 30.3 Å². The second-order valence-electron chi connectivity index (χ2n) is 5.70. The zero-order valence-corrected chi connectivity index (χ0v) is 15.8. The predicted octanol–water partition coefficient (Wildman–Crippen LogP) is 3.64. The second kappa shape index (κ2) is 8.20. The lowest BCUT2D eigenvalue weighted by Gasteiger charge is -2.02. The lowest BCUT2D eigenvalue weighted by atomic mass is 10.1. The van der Waals surface area contributed by atoms with Gasteiger partial charge >= 0.3 is 0 Å². The maximum Gasteiger partial charge on any atom is 0.268 e. The molecule has 2 heterocycles. The number of carbonyl (C=O) groups excluding carboxylic acids is 2. The van der Waals surface area contributed by atoms with Gasteiger partial charge in [-0.25, -0.2) is 9.97 Å². The third-order valence-electron chi connectivity index (χ3n) is 3.66. The van der Waals surface area contributed by atoms with Crippen LogP contribution in [0.5, 0.6) is 0 Å². The van der Waals surface area contributed by atoms with Gasteiger partial charge in [-0.15, -0.1) is 22.7 Å². The van der Waals surface area contributed by atoms with Crippen LogP contribution in [0, 0.1) is 6.92 Å². The summed E-state index contributed by atoms with van der Waals surface area (Å²) >= 11 is 2.67. The van der Waals surface area contributed by atoms with Crippen molar-refractivity contribution in [2.24, 2.45) is 5.73 Å². The number of nitrogens with zero attached hydrogens (tertiary/aromatic N) is 2. The number of aromatic nitrogens is 2. The summed E-state index contributed by atoms with van der Waals surface area (Å²) < 4.78 is 0. The van der Waals surface area contributed by atoms with E-state index in [0.717, 1.165) is 17.8 Å². The number of benzene rings is 1. The van der Waals surface area contributed by atoms with Gasteiger partial charge in [0.15, 0.2) is 5.13 Å². The number of carbonyl (C=O) groups is 2. The Morgan fingerprint density at radius 2 is 1.96 bits per heavy atom. The molecule has 2 amide bonds. The third-order valence-corrected chi connectivity index (χ3v) is 5.41. The summed E-state index contributed by atoms with van der Waals surface area (Å²) in [6.45, 7) is 1.81. The van der Waals surface area contributed by atoms with Crippen molar-refractivity contribution >= 4 is 39.6 Å². The number of thiazole rings is 2. The van der Waals surface area contributed by atoms with Crippen molar-refractivity contribution in [1.29, 1.82) is 0 Å². The van der Waals surface area contributed by atoms with Crippen molar-refractivity contribution in [2.45, 2.75) is 26.2 Å². The van der Waals surface area contributed by atoms with Crippen LogP contribution in [0.4, 0.5) is 5.13 Å². The number of primary amides is 1. The highest BCUT2D eigenvalue weighted by atomic mass is 32.1. The van der Waals surface area contributed by atoms with Crippen LogP contribution in [0.3, 0.4) is 0 Å². The van der Waals surface area contributed by atoms with Gasteiger partial charge in [0.25, 0.3) is 5.91 Å². The minimum Gasteiger partial charge on any atom is -0.364 e. The van der Waals surface area contributed by atoms with E-state index in [1.807, 2.05) is 25.1 Å². The molecule has 0 aliphatic carbocycles. The smallest absolute Gasteiger partial charge is 0.268 e. The maximum atomic E-state index is 12.1. The number of anilines is 1. The van der Waals surface area contributed by atoms with E-state index in [1.165, 1.54) is 28.2 Å². The standard InChI is InChI=1S/C18H18N4O2S2/c1-11-20-15(17(19)24)16(26-11)13-10-25-18(21-13)22-14(23)9-5-8-12-6-3-2-4-7-12/h2-4,6-7,10H,5,8-9H2,1H3,(H2,19,24)(H,21,22,23). The number of nitrogens with two attached hydrogens (primary N) is 1. The average molecular weight is 387 g/mol. The SMILES string of the molecule is Cc1nc(C(N)=O)c(-c2csc(NC(=O)CCCc3ccccc3)n2)s1. The summed E-state index contributed by atoms with van der Waals surface area (Å²) in [4.78, 5) is 32.8. The van der Waals surface area contributed by atoms with Gasteiger partial charge in [-0.2, -0.15) is 0 Å². The Hall–Kier alpha value is -2.58. The van der Waals surface area contributed by atoms with Gasteiger partial charge in [0.2, 0.25) is 5.91 Å². The zero-order valence-electron chi connectivity index (χ0n) is 14.2. The molecule has 0 atom stereocenters. The van der Waals surface area contributed by atoms with Gasteiger partial charge in [0.1, 0.15) is 5.69 Å². The van der Waals surface area contributed by atoms with E-state index in [1.54, 1.807) is 5.38 Å². The highest BCUT2D eigenvalue weighted by Crippen LogP contribution is 2.32. The van der Waals surface area contributed by atoms with E-state index in [9.17, 15) is 9.59 Å². The van der Waals surface area contributed by atoms with Gasteiger partial charge in [0, 0.05) is 11.8 Å². The van der Waals surface area contributed by atoms with Crippen molar-refractivity contribution in [2.75, 3.05) is 5.32 Å². The predicted molar refractivity (Wildman–Crippen MR) is 104 cm³/mol. The number of aryl methyl sites for hydroxylation is 2. The maximum absolute atomic E-state index is 12.1. The Balaban J connectivity index is 1.58. The van der Waals surface area contributed by atoms with Crippen LogP contribution in [0.15, 0.2) is 35.7 Å². The van der Waals surface area contributed by atoms with Gasteiger partial charge < -0.3 is 11.1 Å². The molecule has 0 unspecified atom stereocenters. The van der Waals surface area contributed by atoms with Crippen molar-refractivity contribution in [3.8, 4) is 10.6 Å². The Morgan fingerprint density at radius 3 is 2.69 bits per heavy atom. The third kappa shape index (κ3) is 4.53. The molecule has 0 aliphatic rings. The highest BCUT2D eigenvalue weighted by molar-refractivity contribution is 7.17. The number of amides is 2. The molecule has 0 saturated heterocycles. The topological polar surface area (TPSA) is 98.0 Å². The molecule has 1 aromatic carbocycles. The second-order valence-corrected chi connectivity index (χ2v) is 7.76. The lowest BCUT2D eigenvalue weighted by molar-refractivity contribution is -0.116. The van der Waals surface area contributed by atoms with E-state index in [4.69, 9.17) is 5.73 Å². The van der Waals surface area contributed by atoms with E-state index >= 15 is 0 Å². The molecular formula is C18H18N4O2S2. The molecule has 26 heavy (non-hydrogen) atoms. The molecule has 6 nitrogen and oxygen atoms in total. The van der Waals surface area contributed by atoms with Gasteiger partial charge in [-0.3, -0.25) is 9.59 Å². The molecule has 134 valence electrons. The minimum absolute atomic E-state index is 0.0718. The van der Waals surface area contributed by atoms with Crippen LogP contribution in [-0.2, 0) is 11.2 Å². The summed E-state index contributed by atoms with van der Waals surface area (Å²) in [5.74, 6) is -0.652. The molecule has 0 saturated carbocycles. The Labute approximate surface area is 159 Å². The Morgan fingerprint density at radius 1 is 1.19 bits per heavy atom. The first-order chi connectivity index (χ1) is 12.5.